The van der Waals surface area contributed by atoms with Gasteiger partial charge in [-0.3, -0.25) is 9.69 Å². The summed E-state index contributed by atoms with van der Waals surface area (Å²) in [7, 11) is 1.60. The molecule has 19 heavy (non-hydrogen) atoms. The van der Waals surface area contributed by atoms with Crippen LogP contribution in [0.3, 0.4) is 0 Å². The second kappa shape index (κ2) is 6.72. The van der Waals surface area contributed by atoms with Gasteiger partial charge in [-0.25, -0.2) is 4.79 Å². The summed E-state index contributed by atoms with van der Waals surface area (Å²) >= 11 is 0. The first-order chi connectivity index (χ1) is 8.84. The first kappa shape index (κ1) is 15.7. The summed E-state index contributed by atoms with van der Waals surface area (Å²) in [4.78, 5) is 26.2. The molecule has 1 aliphatic rings. The van der Waals surface area contributed by atoms with E-state index in [1.54, 1.807) is 12.0 Å². The molecule has 2 N–H and O–H groups in total. The standard InChI is InChI=1S/C12H23N3O4/c1-12(2,9-19-3)13-11(18)15-6-4-14(5-7-15)8-10(16)17/h4-9H2,1-3H3,(H,13,18)(H,16,17). The molecule has 1 rings (SSSR count). The van der Waals surface area contributed by atoms with E-state index in [9.17, 15) is 9.59 Å². The highest BCUT2D eigenvalue weighted by atomic mass is 16.5. The van der Waals surface area contributed by atoms with Gasteiger partial charge < -0.3 is 20.1 Å². The van der Waals surface area contributed by atoms with Gasteiger partial charge >= 0.3 is 12.0 Å². The van der Waals surface area contributed by atoms with Crippen LogP contribution in [0, 0.1) is 0 Å². The van der Waals surface area contributed by atoms with Crippen molar-refractivity contribution in [2.45, 2.75) is 19.4 Å². The summed E-state index contributed by atoms with van der Waals surface area (Å²) in [6.45, 7) is 6.53. The molecule has 0 bridgehead atoms. The van der Waals surface area contributed by atoms with Gasteiger partial charge in [0.25, 0.3) is 0 Å². The van der Waals surface area contributed by atoms with Crippen LogP contribution >= 0.6 is 0 Å². The van der Waals surface area contributed by atoms with E-state index in [1.165, 1.54) is 0 Å². The molecule has 7 nitrogen and oxygen atoms in total. The lowest BCUT2D eigenvalue weighted by molar-refractivity contribution is -0.138. The molecule has 110 valence electrons. The van der Waals surface area contributed by atoms with Gasteiger partial charge in [0.1, 0.15) is 0 Å². The number of piperazine rings is 1. The predicted octanol–water partition coefficient (Wildman–Crippen LogP) is -0.177. The molecule has 0 spiro atoms. The third-order valence-corrected chi connectivity index (χ3v) is 2.97. The molecule has 1 aliphatic heterocycles. The summed E-state index contributed by atoms with van der Waals surface area (Å²) in [5, 5.41) is 11.6. The van der Waals surface area contributed by atoms with Gasteiger partial charge in [0.15, 0.2) is 0 Å². The lowest BCUT2D eigenvalue weighted by Gasteiger charge is -2.36. The Morgan fingerprint density at radius 2 is 1.84 bits per heavy atom. The van der Waals surface area contributed by atoms with Crippen LogP contribution < -0.4 is 5.32 Å². The zero-order valence-corrected chi connectivity index (χ0v) is 11.8. The minimum atomic E-state index is -0.834. The summed E-state index contributed by atoms with van der Waals surface area (Å²) < 4.78 is 5.05. The topological polar surface area (TPSA) is 82.1 Å². The molecule has 7 heteroatoms. The van der Waals surface area contributed by atoms with Crippen LogP contribution in [0.4, 0.5) is 4.79 Å². The number of rotatable bonds is 5. The van der Waals surface area contributed by atoms with E-state index in [0.717, 1.165) is 0 Å². The second-order valence-corrected chi connectivity index (χ2v) is 5.40. The number of carbonyl (C=O) groups is 2. The third-order valence-electron chi connectivity index (χ3n) is 2.97. The summed E-state index contributed by atoms with van der Waals surface area (Å²) in [5.41, 5.74) is -0.413. The van der Waals surface area contributed by atoms with Crippen LogP contribution in [0.1, 0.15) is 13.8 Å². The van der Waals surface area contributed by atoms with Crippen LogP contribution in [-0.2, 0) is 9.53 Å². The van der Waals surface area contributed by atoms with Crippen molar-refractivity contribution in [2.24, 2.45) is 0 Å². The SMILES string of the molecule is COCC(C)(C)NC(=O)N1CCN(CC(=O)O)CC1. The molecular weight excluding hydrogens is 250 g/mol. The van der Waals surface area contributed by atoms with Crippen LogP contribution in [0.15, 0.2) is 0 Å². The van der Waals surface area contributed by atoms with E-state index in [0.29, 0.717) is 32.8 Å². The highest BCUT2D eigenvalue weighted by molar-refractivity contribution is 5.75. The number of aliphatic carboxylic acids is 1. The fraction of sp³-hybridized carbons (Fsp3) is 0.833. The lowest BCUT2D eigenvalue weighted by atomic mass is 10.1. The molecule has 1 fully saturated rings. The van der Waals surface area contributed by atoms with Crippen molar-refractivity contribution in [1.82, 2.24) is 15.1 Å². The molecule has 1 saturated heterocycles. The molecular formula is C12H23N3O4. The van der Waals surface area contributed by atoms with Crippen molar-refractivity contribution in [1.29, 1.82) is 0 Å². The number of carboxylic acids is 1. The number of amides is 2. The maximum absolute atomic E-state index is 12.0. The van der Waals surface area contributed by atoms with Crippen molar-refractivity contribution in [3.05, 3.63) is 0 Å². The summed E-state index contributed by atoms with van der Waals surface area (Å²) in [6, 6.07) is -0.128. The van der Waals surface area contributed by atoms with Crippen molar-refractivity contribution in [2.75, 3.05) is 46.4 Å². The van der Waals surface area contributed by atoms with E-state index in [-0.39, 0.29) is 12.6 Å². The Kier molecular flexibility index (Phi) is 5.56. The number of carboxylic acid groups (broad SMARTS) is 1. The van der Waals surface area contributed by atoms with Crippen molar-refractivity contribution in [3.63, 3.8) is 0 Å². The monoisotopic (exact) mass is 273 g/mol. The molecule has 0 radical (unpaired) electrons. The smallest absolute Gasteiger partial charge is 0.317 e. The maximum atomic E-state index is 12.0. The molecule has 0 aromatic heterocycles. The van der Waals surface area contributed by atoms with Gasteiger partial charge in [-0.2, -0.15) is 0 Å². The number of methoxy groups -OCH3 is 1. The average molecular weight is 273 g/mol. The van der Waals surface area contributed by atoms with E-state index >= 15 is 0 Å². The molecule has 0 aromatic rings. The number of urea groups is 1. The molecule has 1 heterocycles. The Morgan fingerprint density at radius 3 is 2.32 bits per heavy atom. The number of ether oxygens (including phenoxy) is 1. The van der Waals surface area contributed by atoms with Crippen LogP contribution in [-0.4, -0.2) is 78.9 Å². The Labute approximate surface area is 113 Å². The van der Waals surface area contributed by atoms with E-state index in [4.69, 9.17) is 9.84 Å². The zero-order chi connectivity index (χ0) is 14.5. The number of hydrogen-bond acceptors (Lipinski definition) is 4. The minimum absolute atomic E-state index is 0.0324. The number of nitrogens with one attached hydrogen (secondary N) is 1. The first-order valence-corrected chi connectivity index (χ1v) is 6.34. The highest BCUT2D eigenvalue weighted by Crippen LogP contribution is 2.06. The van der Waals surface area contributed by atoms with Gasteiger partial charge in [-0.1, -0.05) is 0 Å². The largest absolute Gasteiger partial charge is 0.480 e. The Balaban J connectivity index is 2.38. The first-order valence-electron chi connectivity index (χ1n) is 6.34. The quantitative estimate of drug-likeness (QED) is 0.726. The van der Waals surface area contributed by atoms with Crippen LogP contribution in [0.5, 0.6) is 0 Å². The Hall–Kier alpha value is -1.34. The lowest BCUT2D eigenvalue weighted by Crippen LogP contribution is -2.57. The van der Waals surface area contributed by atoms with E-state index < -0.39 is 11.5 Å². The number of nitrogens with zero attached hydrogens (tertiary/aromatic N) is 2. The third kappa shape index (κ3) is 5.44. The van der Waals surface area contributed by atoms with Gasteiger partial charge in [0, 0.05) is 33.3 Å². The molecule has 0 unspecified atom stereocenters. The van der Waals surface area contributed by atoms with E-state index in [1.807, 2.05) is 18.7 Å². The molecule has 0 aliphatic carbocycles. The number of hydrogen-bond donors (Lipinski definition) is 2. The van der Waals surface area contributed by atoms with Crippen molar-refractivity contribution < 1.29 is 19.4 Å². The van der Waals surface area contributed by atoms with E-state index in [2.05, 4.69) is 5.32 Å². The molecule has 0 saturated carbocycles. The maximum Gasteiger partial charge on any atom is 0.317 e. The Morgan fingerprint density at radius 1 is 1.26 bits per heavy atom. The molecule has 0 aromatic carbocycles. The normalized spacial score (nSPS) is 17.3. The summed E-state index contributed by atoms with van der Waals surface area (Å²) in [5.74, 6) is -0.834. The van der Waals surface area contributed by atoms with Crippen LogP contribution in [0.25, 0.3) is 0 Å². The summed E-state index contributed by atoms with van der Waals surface area (Å²) in [6.07, 6.45) is 0. The fourth-order valence-corrected chi connectivity index (χ4v) is 2.07. The van der Waals surface area contributed by atoms with Crippen LogP contribution in [0.2, 0.25) is 0 Å². The highest BCUT2D eigenvalue weighted by Gasteiger charge is 2.26. The Bertz CT molecular complexity index is 325. The van der Waals surface area contributed by atoms with Crippen molar-refractivity contribution >= 4 is 12.0 Å². The van der Waals surface area contributed by atoms with Gasteiger partial charge in [-0.05, 0) is 13.8 Å². The molecule has 0 atom stereocenters. The molecule has 2 amide bonds. The number of carbonyl (C=O) groups excluding carboxylic acids is 1. The van der Waals surface area contributed by atoms with Gasteiger partial charge in [-0.15, -0.1) is 0 Å². The average Bonchev–Trinajstić information content (AvgIpc) is 2.28. The van der Waals surface area contributed by atoms with Gasteiger partial charge in [0.2, 0.25) is 0 Å². The fourth-order valence-electron chi connectivity index (χ4n) is 2.07. The van der Waals surface area contributed by atoms with Crippen molar-refractivity contribution in [3.8, 4) is 0 Å². The predicted molar refractivity (Wildman–Crippen MR) is 70.1 cm³/mol. The second-order valence-electron chi connectivity index (χ2n) is 5.40. The zero-order valence-electron chi connectivity index (χ0n) is 11.8. The minimum Gasteiger partial charge on any atom is -0.480 e. The van der Waals surface area contributed by atoms with Gasteiger partial charge in [0.05, 0.1) is 18.7 Å².